The summed E-state index contributed by atoms with van der Waals surface area (Å²) in [5.74, 6) is 1.70. The smallest absolute Gasteiger partial charge is 0.218 e. The predicted molar refractivity (Wildman–Crippen MR) is 92.7 cm³/mol. The van der Waals surface area contributed by atoms with Crippen LogP contribution in [0.3, 0.4) is 0 Å². The highest BCUT2D eigenvalue weighted by Gasteiger charge is 2.41. The predicted octanol–water partition coefficient (Wildman–Crippen LogP) is 2.82. The number of hydrogen-bond acceptors (Lipinski definition) is 3. The van der Waals surface area contributed by atoms with E-state index >= 15 is 0 Å². The van der Waals surface area contributed by atoms with E-state index < -0.39 is 0 Å². The van der Waals surface area contributed by atoms with Crippen LogP contribution >= 0.6 is 0 Å². The largest absolute Gasteiger partial charge is 0.481 e. The van der Waals surface area contributed by atoms with E-state index in [1.165, 1.54) is 32.1 Å². The molecule has 0 radical (unpaired) electrons. The fourth-order valence-corrected chi connectivity index (χ4v) is 3.96. The van der Waals surface area contributed by atoms with E-state index in [0.717, 1.165) is 31.2 Å². The van der Waals surface area contributed by atoms with Gasteiger partial charge in [0.25, 0.3) is 0 Å². The molecule has 1 aromatic heterocycles. The first-order valence-electron chi connectivity index (χ1n) is 8.77. The first kappa shape index (κ1) is 16.1. The van der Waals surface area contributed by atoms with Gasteiger partial charge in [0.1, 0.15) is 0 Å². The Hall–Kier alpha value is -1.78. The van der Waals surface area contributed by atoms with Crippen LogP contribution in [0.25, 0.3) is 0 Å². The first-order valence-corrected chi connectivity index (χ1v) is 8.77. The molecule has 1 aromatic rings. The summed E-state index contributed by atoms with van der Waals surface area (Å²) in [5, 5.41) is 3.45. The van der Waals surface area contributed by atoms with E-state index in [2.05, 4.69) is 22.1 Å². The molecule has 2 fully saturated rings. The lowest BCUT2D eigenvalue weighted by atomic mass is 9.86. The van der Waals surface area contributed by atoms with Crippen LogP contribution in [0.5, 0.6) is 5.88 Å². The number of nitrogens with zero attached hydrogens (tertiary/aromatic N) is 3. The molecular formula is C18H28N4O. The maximum atomic E-state index is 5.32. The highest BCUT2D eigenvalue weighted by molar-refractivity contribution is 5.80. The minimum Gasteiger partial charge on any atom is -0.481 e. The molecule has 1 aliphatic heterocycles. The minimum atomic E-state index is 0.558. The number of rotatable bonds is 4. The van der Waals surface area contributed by atoms with Gasteiger partial charge in [0.05, 0.1) is 13.7 Å². The van der Waals surface area contributed by atoms with Crippen LogP contribution in [-0.2, 0) is 6.54 Å². The minimum absolute atomic E-state index is 0.558. The standard InChI is InChI=1S/C18H28N4O/c1-3-19-17(21-13-15-7-6-11-20-16(15)23-2)22-12-10-18(14-22)8-4-5-9-18/h6-7,11H,3-5,8-10,12-14H2,1-2H3,(H,19,21). The van der Waals surface area contributed by atoms with E-state index in [4.69, 9.17) is 9.73 Å². The summed E-state index contributed by atoms with van der Waals surface area (Å²) in [4.78, 5) is 11.5. The van der Waals surface area contributed by atoms with Gasteiger partial charge in [-0.1, -0.05) is 18.9 Å². The Morgan fingerprint density at radius 2 is 2.22 bits per heavy atom. The van der Waals surface area contributed by atoms with E-state index in [9.17, 15) is 0 Å². The van der Waals surface area contributed by atoms with Gasteiger partial charge in [-0.3, -0.25) is 0 Å². The lowest BCUT2D eigenvalue weighted by Crippen LogP contribution is -2.41. The lowest BCUT2D eigenvalue weighted by molar-refractivity contribution is 0.309. The maximum absolute atomic E-state index is 5.32. The Morgan fingerprint density at radius 1 is 1.39 bits per heavy atom. The van der Waals surface area contributed by atoms with Crippen molar-refractivity contribution in [3.63, 3.8) is 0 Å². The van der Waals surface area contributed by atoms with Crippen molar-refractivity contribution in [3.05, 3.63) is 23.9 Å². The van der Waals surface area contributed by atoms with Gasteiger partial charge >= 0.3 is 0 Å². The third-order valence-electron chi connectivity index (χ3n) is 5.18. The molecular weight excluding hydrogens is 288 g/mol. The van der Waals surface area contributed by atoms with E-state index in [-0.39, 0.29) is 0 Å². The van der Waals surface area contributed by atoms with Crippen molar-refractivity contribution in [2.75, 3.05) is 26.7 Å². The molecule has 0 bridgehead atoms. The number of guanidine groups is 1. The zero-order valence-corrected chi connectivity index (χ0v) is 14.3. The number of aromatic nitrogens is 1. The Morgan fingerprint density at radius 3 is 2.96 bits per heavy atom. The number of hydrogen-bond donors (Lipinski definition) is 1. The molecule has 1 N–H and O–H groups in total. The second kappa shape index (κ2) is 7.20. The van der Waals surface area contributed by atoms with Gasteiger partial charge in [-0.05, 0) is 37.7 Å². The number of ether oxygens (including phenoxy) is 1. The van der Waals surface area contributed by atoms with Crippen molar-refractivity contribution in [2.24, 2.45) is 10.4 Å². The topological polar surface area (TPSA) is 49.8 Å². The van der Waals surface area contributed by atoms with E-state index in [1.54, 1.807) is 13.3 Å². The van der Waals surface area contributed by atoms with E-state index in [0.29, 0.717) is 17.8 Å². The van der Waals surface area contributed by atoms with Gasteiger partial charge < -0.3 is 15.0 Å². The fraction of sp³-hybridized carbons (Fsp3) is 0.667. The molecule has 2 aliphatic rings. The molecule has 3 rings (SSSR count). The monoisotopic (exact) mass is 316 g/mol. The first-order chi connectivity index (χ1) is 11.3. The summed E-state index contributed by atoms with van der Waals surface area (Å²) in [6, 6.07) is 3.96. The zero-order chi connectivity index (χ0) is 16.1. The van der Waals surface area contributed by atoms with Crippen molar-refractivity contribution in [1.29, 1.82) is 0 Å². The van der Waals surface area contributed by atoms with Crippen LogP contribution in [0.1, 0.15) is 44.6 Å². The molecule has 1 spiro atoms. The number of aliphatic imine (C=N–C) groups is 1. The number of pyridine rings is 1. The highest BCUT2D eigenvalue weighted by Crippen LogP contribution is 2.45. The van der Waals surface area contributed by atoms with Crippen molar-refractivity contribution in [3.8, 4) is 5.88 Å². The summed E-state index contributed by atoms with van der Waals surface area (Å²) in [7, 11) is 1.66. The van der Waals surface area contributed by atoms with Gasteiger partial charge in [-0.2, -0.15) is 0 Å². The zero-order valence-electron chi connectivity index (χ0n) is 14.3. The van der Waals surface area contributed by atoms with Crippen LogP contribution in [0, 0.1) is 5.41 Å². The van der Waals surface area contributed by atoms with Crippen molar-refractivity contribution >= 4 is 5.96 Å². The second-order valence-corrected chi connectivity index (χ2v) is 6.72. The fourth-order valence-electron chi connectivity index (χ4n) is 3.96. The molecule has 126 valence electrons. The molecule has 0 unspecified atom stereocenters. The molecule has 1 aliphatic carbocycles. The summed E-state index contributed by atoms with van der Waals surface area (Å²) in [6.07, 6.45) is 8.64. The summed E-state index contributed by atoms with van der Waals surface area (Å²) >= 11 is 0. The molecule has 0 aromatic carbocycles. The van der Waals surface area contributed by atoms with E-state index in [1.807, 2.05) is 12.1 Å². The van der Waals surface area contributed by atoms with Crippen LogP contribution in [0.2, 0.25) is 0 Å². The Bertz CT molecular complexity index is 552. The number of methoxy groups -OCH3 is 1. The molecule has 1 saturated carbocycles. The van der Waals surface area contributed by atoms with Gasteiger partial charge in [0.15, 0.2) is 5.96 Å². The molecule has 0 atom stereocenters. The summed E-state index contributed by atoms with van der Waals surface area (Å²) < 4.78 is 5.32. The number of likely N-dealkylation sites (tertiary alicyclic amines) is 1. The molecule has 0 amide bonds. The van der Waals surface area contributed by atoms with Crippen LogP contribution < -0.4 is 10.1 Å². The molecule has 23 heavy (non-hydrogen) atoms. The van der Waals surface area contributed by atoms with Crippen LogP contribution in [-0.4, -0.2) is 42.6 Å². The Balaban J connectivity index is 1.71. The normalized spacial score (nSPS) is 20.3. The molecule has 2 heterocycles. The van der Waals surface area contributed by atoms with Gasteiger partial charge in [-0.15, -0.1) is 0 Å². The molecule has 5 heteroatoms. The van der Waals surface area contributed by atoms with Crippen molar-refractivity contribution < 1.29 is 4.74 Å². The van der Waals surface area contributed by atoms with Gasteiger partial charge in [-0.25, -0.2) is 9.98 Å². The molecule has 5 nitrogen and oxygen atoms in total. The van der Waals surface area contributed by atoms with Crippen molar-refractivity contribution in [1.82, 2.24) is 15.2 Å². The highest BCUT2D eigenvalue weighted by atomic mass is 16.5. The third-order valence-corrected chi connectivity index (χ3v) is 5.18. The Labute approximate surface area is 139 Å². The van der Waals surface area contributed by atoms with Crippen molar-refractivity contribution in [2.45, 2.75) is 45.6 Å². The van der Waals surface area contributed by atoms with Crippen LogP contribution in [0.15, 0.2) is 23.3 Å². The molecule has 1 saturated heterocycles. The average molecular weight is 316 g/mol. The summed E-state index contributed by atoms with van der Waals surface area (Å²) in [6.45, 7) is 5.90. The number of nitrogens with one attached hydrogen (secondary N) is 1. The Kier molecular flexibility index (Phi) is 5.03. The lowest BCUT2D eigenvalue weighted by Gasteiger charge is -2.26. The third kappa shape index (κ3) is 3.59. The average Bonchev–Trinajstić information content (AvgIpc) is 3.22. The second-order valence-electron chi connectivity index (χ2n) is 6.72. The summed E-state index contributed by atoms with van der Waals surface area (Å²) in [5.41, 5.74) is 1.59. The maximum Gasteiger partial charge on any atom is 0.218 e. The van der Waals surface area contributed by atoms with Crippen LogP contribution in [0.4, 0.5) is 0 Å². The quantitative estimate of drug-likeness (QED) is 0.685. The van der Waals surface area contributed by atoms with Gasteiger partial charge in [0, 0.05) is 31.4 Å². The SMILES string of the molecule is CCNC(=NCc1cccnc1OC)N1CCC2(CCCC2)C1. The van der Waals surface area contributed by atoms with Gasteiger partial charge in [0.2, 0.25) is 5.88 Å².